The Morgan fingerprint density at radius 1 is 0.971 bits per heavy atom. The maximum Gasteiger partial charge on any atom is 0.254 e. The normalized spacial score (nSPS) is 16.6. The molecule has 2 aliphatic heterocycles. The number of rotatable bonds is 6. The van der Waals surface area contributed by atoms with Crippen LogP contribution >= 0.6 is 0 Å². The Balaban J connectivity index is 1.07. The smallest absolute Gasteiger partial charge is 0.254 e. The van der Waals surface area contributed by atoms with Gasteiger partial charge in [0, 0.05) is 43.6 Å². The highest BCUT2D eigenvalue weighted by Gasteiger charge is 2.33. The van der Waals surface area contributed by atoms with Crippen LogP contribution in [-0.2, 0) is 11.2 Å². The third-order valence-electron chi connectivity index (χ3n) is 7.16. The highest BCUT2D eigenvalue weighted by Crippen LogP contribution is 2.26. The Kier molecular flexibility index (Phi) is 6.75. The number of likely N-dealkylation sites (tertiary alicyclic amines) is 1. The molecule has 0 bridgehead atoms. The molecule has 3 aromatic rings. The highest BCUT2D eigenvalue weighted by molar-refractivity contribution is 5.95. The first-order valence-corrected chi connectivity index (χ1v) is 12.3. The van der Waals surface area contributed by atoms with Crippen LogP contribution in [0.3, 0.4) is 0 Å². The Labute approximate surface area is 206 Å². The number of hydrogen-bond acceptors (Lipinski definition) is 5. The van der Waals surface area contributed by atoms with Crippen molar-refractivity contribution in [1.82, 2.24) is 15.1 Å². The number of anilines is 2. The molecule has 2 amide bonds. The molecule has 3 heterocycles. The molecule has 2 fully saturated rings. The molecule has 2 saturated heterocycles. The fraction of sp³-hybridized carbons (Fsp3) is 0.357. The summed E-state index contributed by atoms with van der Waals surface area (Å²) in [7, 11) is 0. The maximum atomic E-state index is 12.9. The average molecular weight is 470 g/mol. The van der Waals surface area contributed by atoms with Crippen molar-refractivity contribution in [2.24, 2.45) is 11.8 Å². The molecule has 0 spiro atoms. The van der Waals surface area contributed by atoms with E-state index in [1.54, 1.807) is 6.20 Å². The van der Waals surface area contributed by atoms with E-state index in [0.717, 1.165) is 55.0 Å². The molecule has 1 N–H and O–H groups in total. The summed E-state index contributed by atoms with van der Waals surface area (Å²) in [5.74, 6) is 1.53. The van der Waals surface area contributed by atoms with Crippen LogP contribution in [0.2, 0.25) is 0 Å². The first-order chi connectivity index (χ1) is 17.1. The largest absolute Gasteiger partial charge is 0.353 e. The number of carbonyl (C=O) groups is 2. The molecule has 5 rings (SSSR count). The number of benzene rings is 2. The van der Waals surface area contributed by atoms with E-state index in [1.165, 1.54) is 5.56 Å². The molecule has 0 saturated carbocycles. The number of nitrogens with zero attached hydrogens (tertiary/aromatic N) is 4. The summed E-state index contributed by atoms with van der Waals surface area (Å²) in [5.41, 5.74) is 3.94. The zero-order valence-corrected chi connectivity index (χ0v) is 20.1. The summed E-state index contributed by atoms with van der Waals surface area (Å²) in [6, 6.07) is 19.8. The summed E-state index contributed by atoms with van der Waals surface area (Å²) >= 11 is 0. The lowest BCUT2D eigenvalue weighted by molar-refractivity contribution is -0.120. The van der Waals surface area contributed by atoms with Crippen molar-refractivity contribution in [2.45, 2.75) is 26.2 Å². The Morgan fingerprint density at radius 2 is 1.71 bits per heavy atom. The minimum absolute atomic E-state index is 0.0377. The van der Waals surface area contributed by atoms with Crippen molar-refractivity contribution < 1.29 is 9.59 Å². The maximum absolute atomic E-state index is 12.9. The van der Waals surface area contributed by atoms with Crippen molar-refractivity contribution in [3.63, 3.8) is 0 Å². The molecule has 1 aromatic heterocycles. The van der Waals surface area contributed by atoms with E-state index >= 15 is 0 Å². The summed E-state index contributed by atoms with van der Waals surface area (Å²) in [4.78, 5) is 29.5. The first kappa shape index (κ1) is 23.0. The molecule has 0 atom stereocenters. The number of aryl methyl sites for hydroxylation is 1. The van der Waals surface area contributed by atoms with Gasteiger partial charge in [-0.2, -0.15) is 5.10 Å². The zero-order valence-electron chi connectivity index (χ0n) is 20.1. The lowest BCUT2D eigenvalue weighted by atomic mass is 9.89. The quantitative estimate of drug-likeness (QED) is 0.591. The van der Waals surface area contributed by atoms with Crippen LogP contribution in [0, 0.1) is 18.8 Å². The van der Waals surface area contributed by atoms with Gasteiger partial charge in [-0.05, 0) is 73.6 Å². The second kappa shape index (κ2) is 10.3. The SMILES string of the molecule is Cc1ccccc1C(=O)N1CCC(Cc2ccc(NC(=O)C3CN(c4cccnn4)C3)cc2)CC1. The Hall–Kier alpha value is -3.74. The van der Waals surface area contributed by atoms with Gasteiger partial charge in [-0.1, -0.05) is 30.3 Å². The van der Waals surface area contributed by atoms with Gasteiger partial charge in [0.15, 0.2) is 5.82 Å². The summed E-state index contributed by atoms with van der Waals surface area (Å²) in [5, 5.41) is 11.0. The molecule has 35 heavy (non-hydrogen) atoms. The van der Waals surface area contributed by atoms with E-state index in [1.807, 2.05) is 60.4 Å². The zero-order chi connectivity index (χ0) is 24.2. The molecule has 7 heteroatoms. The van der Waals surface area contributed by atoms with Crippen molar-refractivity contribution in [3.05, 3.63) is 83.6 Å². The minimum atomic E-state index is -0.0377. The third-order valence-corrected chi connectivity index (χ3v) is 7.16. The fourth-order valence-electron chi connectivity index (χ4n) is 4.92. The molecule has 2 aliphatic rings. The molecule has 7 nitrogen and oxygen atoms in total. The van der Waals surface area contributed by atoms with Crippen LogP contribution in [0.5, 0.6) is 0 Å². The van der Waals surface area contributed by atoms with Crippen LogP contribution < -0.4 is 10.2 Å². The molecular weight excluding hydrogens is 438 g/mol. The van der Waals surface area contributed by atoms with Crippen LogP contribution in [-0.4, -0.2) is 53.1 Å². The van der Waals surface area contributed by atoms with E-state index in [9.17, 15) is 9.59 Å². The Bertz CT molecular complexity index is 1170. The predicted octanol–water partition coefficient (Wildman–Crippen LogP) is 3.95. The van der Waals surface area contributed by atoms with E-state index < -0.39 is 0 Å². The molecule has 180 valence electrons. The van der Waals surface area contributed by atoms with Gasteiger partial charge in [0.05, 0.1) is 5.92 Å². The number of piperidine rings is 1. The van der Waals surface area contributed by atoms with Gasteiger partial charge in [0.25, 0.3) is 5.91 Å². The topological polar surface area (TPSA) is 78.4 Å². The molecule has 0 radical (unpaired) electrons. The van der Waals surface area contributed by atoms with Crippen molar-refractivity contribution >= 4 is 23.3 Å². The Morgan fingerprint density at radius 3 is 2.40 bits per heavy atom. The minimum Gasteiger partial charge on any atom is -0.353 e. The highest BCUT2D eigenvalue weighted by atomic mass is 16.2. The molecular formula is C28H31N5O2. The molecule has 2 aromatic carbocycles. The lowest BCUT2D eigenvalue weighted by Gasteiger charge is -2.38. The van der Waals surface area contributed by atoms with Crippen LogP contribution in [0.15, 0.2) is 66.9 Å². The summed E-state index contributed by atoms with van der Waals surface area (Å²) in [6.07, 6.45) is 4.67. The van der Waals surface area contributed by atoms with E-state index in [4.69, 9.17) is 0 Å². The van der Waals surface area contributed by atoms with Crippen LogP contribution in [0.4, 0.5) is 11.5 Å². The first-order valence-electron chi connectivity index (χ1n) is 12.3. The number of amides is 2. The summed E-state index contributed by atoms with van der Waals surface area (Å²) in [6.45, 7) is 4.92. The van der Waals surface area contributed by atoms with Crippen molar-refractivity contribution in [2.75, 3.05) is 36.4 Å². The number of nitrogens with one attached hydrogen (secondary N) is 1. The van der Waals surface area contributed by atoms with Gasteiger partial charge >= 0.3 is 0 Å². The standard InChI is InChI=1S/C28H31N5O2/c1-20-5-2-3-6-25(20)28(35)32-15-12-22(13-16-32)17-21-8-10-24(11-9-21)30-27(34)23-18-33(19-23)26-7-4-14-29-31-26/h2-11,14,22-23H,12-13,15-19H2,1H3,(H,30,34). The average Bonchev–Trinajstić information content (AvgIpc) is 2.85. The van der Waals surface area contributed by atoms with Crippen molar-refractivity contribution in [3.8, 4) is 0 Å². The third kappa shape index (κ3) is 5.34. The van der Waals surface area contributed by atoms with Gasteiger partial charge in [0.2, 0.25) is 5.91 Å². The van der Waals surface area contributed by atoms with Gasteiger partial charge in [0.1, 0.15) is 0 Å². The van der Waals surface area contributed by atoms with E-state index in [2.05, 4.69) is 32.5 Å². The molecule has 0 aliphatic carbocycles. The number of carbonyl (C=O) groups excluding carboxylic acids is 2. The van der Waals surface area contributed by atoms with Gasteiger partial charge in [-0.25, -0.2) is 0 Å². The van der Waals surface area contributed by atoms with Gasteiger partial charge < -0.3 is 15.1 Å². The van der Waals surface area contributed by atoms with E-state index in [0.29, 0.717) is 19.0 Å². The summed E-state index contributed by atoms with van der Waals surface area (Å²) < 4.78 is 0. The van der Waals surface area contributed by atoms with Gasteiger partial charge in [-0.3, -0.25) is 9.59 Å². The van der Waals surface area contributed by atoms with E-state index in [-0.39, 0.29) is 17.7 Å². The monoisotopic (exact) mass is 469 g/mol. The van der Waals surface area contributed by atoms with Gasteiger partial charge in [-0.15, -0.1) is 5.10 Å². The number of hydrogen-bond donors (Lipinski definition) is 1. The predicted molar refractivity (Wildman–Crippen MR) is 136 cm³/mol. The van der Waals surface area contributed by atoms with Crippen LogP contribution in [0.25, 0.3) is 0 Å². The van der Waals surface area contributed by atoms with Crippen LogP contribution in [0.1, 0.15) is 34.3 Å². The number of aromatic nitrogens is 2. The fourth-order valence-corrected chi connectivity index (χ4v) is 4.92. The second-order valence-corrected chi connectivity index (χ2v) is 9.62. The second-order valence-electron chi connectivity index (χ2n) is 9.62. The molecule has 0 unspecified atom stereocenters. The van der Waals surface area contributed by atoms with Crippen molar-refractivity contribution in [1.29, 1.82) is 0 Å². The lowest BCUT2D eigenvalue weighted by Crippen LogP contribution is -2.52.